The molecule has 1 rings (SSSR count). The summed E-state index contributed by atoms with van der Waals surface area (Å²) in [5.41, 5.74) is 3.19. The summed E-state index contributed by atoms with van der Waals surface area (Å²) in [6.07, 6.45) is 2.49. The Balaban J connectivity index is 3.57. The van der Waals surface area contributed by atoms with Gasteiger partial charge in [-0.1, -0.05) is 25.1 Å². The van der Waals surface area contributed by atoms with Crippen LogP contribution in [0.4, 0.5) is 0 Å². The van der Waals surface area contributed by atoms with Crippen LogP contribution in [-0.2, 0) is 6.42 Å². The second-order valence-corrected chi connectivity index (χ2v) is 3.29. The number of nitriles is 1. The molecule has 1 heterocycles. The average Bonchev–Trinajstić information content (AvgIpc) is 2.17. The number of hydrogen-bond acceptors (Lipinski definition) is 2. The SMILES string of the molecule is C=Cc1nc(Cl)c(C#N)c(C)c1CC. The predicted molar refractivity (Wildman–Crippen MR) is 58.2 cm³/mol. The zero-order valence-corrected chi connectivity index (χ0v) is 9.02. The van der Waals surface area contributed by atoms with Gasteiger partial charge in [0.15, 0.2) is 0 Å². The van der Waals surface area contributed by atoms with Crippen LogP contribution >= 0.6 is 11.6 Å². The van der Waals surface area contributed by atoms with Gasteiger partial charge in [-0.2, -0.15) is 5.26 Å². The van der Waals surface area contributed by atoms with Crippen LogP contribution in [0.5, 0.6) is 0 Å². The molecule has 0 saturated heterocycles. The first kappa shape index (κ1) is 10.7. The summed E-state index contributed by atoms with van der Waals surface area (Å²) >= 11 is 5.86. The Kier molecular flexibility index (Phi) is 3.27. The van der Waals surface area contributed by atoms with Crippen molar-refractivity contribution in [1.82, 2.24) is 4.98 Å². The van der Waals surface area contributed by atoms with Crippen LogP contribution < -0.4 is 0 Å². The third-order valence-electron chi connectivity index (χ3n) is 2.22. The van der Waals surface area contributed by atoms with Crippen molar-refractivity contribution in [1.29, 1.82) is 5.26 Å². The molecule has 14 heavy (non-hydrogen) atoms. The molecule has 0 N–H and O–H groups in total. The second-order valence-electron chi connectivity index (χ2n) is 2.94. The highest BCUT2D eigenvalue weighted by atomic mass is 35.5. The van der Waals surface area contributed by atoms with Crippen LogP contribution in [0.2, 0.25) is 5.15 Å². The van der Waals surface area contributed by atoms with Gasteiger partial charge in [0, 0.05) is 0 Å². The van der Waals surface area contributed by atoms with Crippen molar-refractivity contribution >= 4 is 17.7 Å². The standard InChI is InChI=1S/C11H11ClN2/c1-4-8-7(3)9(6-13)11(12)14-10(8)5-2/h5H,2,4H2,1,3H3. The fourth-order valence-electron chi connectivity index (χ4n) is 1.47. The van der Waals surface area contributed by atoms with Gasteiger partial charge in [-0.3, -0.25) is 0 Å². The number of aromatic nitrogens is 1. The molecule has 0 aromatic carbocycles. The van der Waals surface area contributed by atoms with Crippen LogP contribution in [-0.4, -0.2) is 4.98 Å². The smallest absolute Gasteiger partial charge is 0.147 e. The van der Waals surface area contributed by atoms with E-state index in [1.54, 1.807) is 6.08 Å². The van der Waals surface area contributed by atoms with E-state index >= 15 is 0 Å². The monoisotopic (exact) mass is 206 g/mol. The molecule has 0 atom stereocenters. The second kappa shape index (κ2) is 4.26. The average molecular weight is 207 g/mol. The fraction of sp³-hybridized carbons (Fsp3) is 0.273. The van der Waals surface area contributed by atoms with E-state index in [9.17, 15) is 0 Å². The van der Waals surface area contributed by atoms with Crippen molar-refractivity contribution in [2.24, 2.45) is 0 Å². The molecule has 0 aliphatic carbocycles. The molecule has 0 spiro atoms. The highest BCUT2D eigenvalue weighted by molar-refractivity contribution is 6.30. The number of halogens is 1. The van der Waals surface area contributed by atoms with Gasteiger partial charge in [-0.25, -0.2) is 4.98 Å². The first-order valence-corrected chi connectivity index (χ1v) is 4.75. The van der Waals surface area contributed by atoms with E-state index in [4.69, 9.17) is 16.9 Å². The van der Waals surface area contributed by atoms with Gasteiger partial charge in [-0.05, 0) is 30.5 Å². The molecule has 0 aliphatic rings. The zero-order valence-electron chi connectivity index (χ0n) is 8.26. The molecule has 0 aliphatic heterocycles. The van der Waals surface area contributed by atoms with Crippen LogP contribution in [0, 0.1) is 18.3 Å². The van der Waals surface area contributed by atoms with Crippen molar-refractivity contribution in [3.63, 3.8) is 0 Å². The molecule has 0 radical (unpaired) electrons. The Bertz CT molecular complexity index is 416. The number of nitrogens with zero attached hydrogens (tertiary/aromatic N) is 2. The first-order chi connectivity index (χ1) is 6.65. The van der Waals surface area contributed by atoms with E-state index in [-0.39, 0.29) is 5.15 Å². The molecule has 0 amide bonds. The molecule has 2 nitrogen and oxygen atoms in total. The topological polar surface area (TPSA) is 36.7 Å². The lowest BCUT2D eigenvalue weighted by molar-refractivity contribution is 1.05. The maximum Gasteiger partial charge on any atom is 0.147 e. The van der Waals surface area contributed by atoms with Gasteiger partial charge in [0.2, 0.25) is 0 Å². The highest BCUT2D eigenvalue weighted by Crippen LogP contribution is 2.23. The van der Waals surface area contributed by atoms with Gasteiger partial charge < -0.3 is 0 Å². The molecule has 0 fully saturated rings. The van der Waals surface area contributed by atoms with Gasteiger partial charge in [-0.15, -0.1) is 0 Å². The molecule has 1 aromatic rings. The van der Waals surface area contributed by atoms with Crippen LogP contribution in [0.15, 0.2) is 6.58 Å². The Labute approximate surface area is 88.8 Å². The van der Waals surface area contributed by atoms with Crippen molar-refractivity contribution in [2.45, 2.75) is 20.3 Å². The van der Waals surface area contributed by atoms with Crippen molar-refractivity contribution < 1.29 is 0 Å². The Morgan fingerprint density at radius 1 is 1.64 bits per heavy atom. The van der Waals surface area contributed by atoms with Gasteiger partial charge >= 0.3 is 0 Å². The summed E-state index contributed by atoms with van der Waals surface area (Å²) in [6.45, 7) is 7.58. The zero-order chi connectivity index (χ0) is 10.7. The molecule has 0 bridgehead atoms. The van der Waals surface area contributed by atoms with Crippen molar-refractivity contribution in [3.05, 3.63) is 34.1 Å². The van der Waals surface area contributed by atoms with Crippen molar-refractivity contribution in [3.8, 4) is 6.07 Å². The van der Waals surface area contributed by atoms with E-state index in [0.29, 0.717) is 5.56 Å². The molecular weight excluding hydrogens is 196 g/mol. The maximum absolute atomic E-state index is 8.88. The Hall–Kier alpha value is -1.33. The lowest BCUT2D eigenvalue weighted by Crippen LogP contribution is -1.99. The molecule has 1 aromatic heterocycles. The summed E-state index contributed by atoms with van der Waals surface area (Å²) in [5, 5.41) is 9.14. The summed E-state index contributed by atoms with van der Waals surface area (Å²) in [4.78, 5) is 4.12. The lowest BCUT2D eigenvalue weighted by Gasteiger charge is -2.09. The fourth-order valence-corrected chi connectivity index (χ4v) is 1.75. The van der Waals surface area contributed by atoms with Gasteiger partial charge in [0.05, 0.1) is 11.3 Å². The maximum atomic E-state index is 8.88. The summed E-state index contributed by atoms with van der Waals surface area (Å²) in [6, 6.07) is 2.06. The lowest BCUT2D eigenvalue weighted by atomic mass is 10.0. The third kappa shape index (κ3) is 1.64. The number of hydrogen-bond donors (Lipinski definition) is 0. The summed E-state index contributed by atoms with van der Waals surface area (Å²) in [7, 11) is 0. The van der Waals surface area contributed by atoms with Crippen LogP contribution in [0.25, 0.3) is 6.08 Å². The largest absolute Gasteiger partial charge is 0.235 e. The van der Waals surface area contributed by atoms with Crippen LogP contribution in [0.1, 0.15) is 29.3 Å². The Morgan fingerprint density at radius 3 is 2.71 bits per heavy atom. The first-order valence-electron chi connectivity index (χ1n) is 4.37. The molecular formula is C11H11ClN2. The minimum Gasteiger partial charge on any atom is -0.235 e. The molecule has 0 saturated carbocycles. The Morgan fingerprint density at radius 2 is 2.29 bits per heavy atom. The molecule has 0 unspecified atom stereocenters. The predicted octanol–water partition coefficient (Wildman–Crippen LogP) is 3.12. The van der Waals surface area contributed by atoms with Gasteiger partial charge in [0.1, 0.15) is 11.2 Å². The van der Waals surface area contributed by atoms with E-state index in [1.807, 2.05) is 13.8 Å². The summed E-state index contributed by atoms with van der Waals surface area (Å²) in [5.74, 6) is 0. The number of pyridine rings is 1. The van der Waals surface area contributed by atoms with E-state index in [2.05, 4.69) is 17.6 Å². The molecule has 3 heteroatoms. The molecule has 72 valence electrons. The van der Waals surface area contributed by atoms with E-state index < -0.39 is 0 Å². The highest BCUT2D eigenvalue weighted by Gasteiger charge is 2.12. The normalized spacial score (nSPS) is 9.57. The number of rotatable bonds is 2. The van der Waals surface area contributed by atoms with E-state index in [0.717, 1.165) is 23.2 Å². The minimum absolute atomic E-state index is 0.261. The van der Waals surface area contributed by atoms with E-state index in [1.165, 1.54) is 0 Å². The quantitative estimate of drug-likeness (QED) is 0.698. The van der Waals surface area contributed by atoms with Gasteiger partial charge in [0.25, 0.3) is 0 Å². The van der Waals surface area contributed by atoms with Crippen molar-refractivity contribution in [2.75, 3.05) is 0 Å². The minimum atomic E-state index is 0.261. The van der Waals surface area contributed by atoms with Crippen LogP contribution in [0.3, 0.4) is 0 Å². The third-order valence-corrected chi connectivity index (χ3v) is 2.49. The summed E-state index contributed by atoms with van der Waals surface area (Å²) < 4.78 is 0.